The molecule has 2 aromatic carbocycles. The summed E-state index contributed by atoms with van der Waals surface area (Å²) in [6.45, 7) is 0. The van der Waals surface area contributed by atoms with E-state index in [-0.39, 0.29) is 11.1 Å². The second-order valence-electron chi connectivity index (χ2n) is 5.97. The zero-order chi connectivity index (χ0) is 21.4. The molecule has 0 heterocycles. The van der Waals surface area contributed by atoms with Crippen molar-refractivity contribution in [2.24, 2.45) is 0 Å². The zero-order valence-corrected chi connectivity index (χ0v) is 17.4. The van der Waals surface area contributed by atoms with Crippen molar-refractivity contribution < 1.29 is 9.47 Å². The number of benzene rings is 2. The summed E-state index contributed by atoms with van der Waals surface area (Å²) in [5, 5.41) is 28.3. The van der Waals surface area contributed by atoms with Gasteiger partial charge in [0.25, 0.3) is 0 Å². The molecule has 2 aromatic rings. The van der Waals surface area contributed by atoms with Crippen LogP contribution in [0.2, 0.25) is 10.0 Å². The molecule has 0 saturated heterocycles. The van der Waals surface area contributed by atoms with Gasteiger partial charge in [-0.1, -0.05) is 29.3 Å². The second kappa shape index (κ2) is 10.4. The van der Waals surface area contributed by atoms with Crippen LogP contribution < -0.4 is 9.47 Å². The van der Waals surface area contributed by atoms with Crippen molar-refractivity contribution in [1.82, 2.24) is 0 Å². The molecule has 0 fully saturated rings. The average molecular weight is 426 g/mol. The van der Waals surface area contributed by atoms with Crippen LogP contribution in [0.5, 0.6) is 11.5 Å². The summed E-state index contributed by atoms with van der Waals surface area (Å²) in [6, 6.07) is 13.0. The Labute approximate surface area is 179 Å². The fourth-order valence-corrected chi connectivity index (χ4v) is 3.50. The standard InChI is InChI=1S/C22H17Cl2N3O2/c1-28-21-16(12-26)8-14(10-19(21)23)18(6-4-3-5-7-25)15-9-17(13-27)22(29-2)20(24)11-15/h6,8-11H,3-5H2,1-2H3. The summed E-state index contributed by atoms with van der Waals surface area (Å²) < 4.78 is 10.4. The zero-order valence-electron chi connectivity index (χ0n) is 15.9. The number of halogens is 2. The van der Waals surface area contributed by atoms with Gasteiger partial charge in [-0.25, -0.2) is 0 Å². The van der Waals surface area contributed by atoms with Gasteiger partial charge < -0.3 is 9.47 Å². The number of unbranched alkanes of at least 4 members (excludes halogenated alkanes) is 2. The minimum Gasteiger partial charge on any atom is -0.494 e. The molecule has 0 aliphatic heterocycles. The van der Waals surface area contributed by atoms with Gasteiger partial charge in [0.15, 0.2) is 11.5 Å². The van der Waals surface area contributed by atoms with Crippen molar-refractivity contribution >= 4 is 28.8 Å². The summed E-state index contributed by atoms with van der Waals surface area (Å²) in [5.41, 5.74) is 2.67. The SMILES string of the molecule is COc1c(Cl)cc(C(=CCCCC#N)c2cc(Cl)c(OC)c(C#N)c2)cc1C#N. The lowest BCUT2D eigenvalue weighted by Gasteiger charge is -2.15. The lowest BCUT2D eigenvalue weighted by molar-refractivity contribution is 0.413. The third kappa shape index (κ3) is 5.01. The monoisotopic (exact) mass is 425 g/mol. The minimum atomic E-state index is 0.290. The lowest BCUT2D eigenvalue weighted by atomic mass is 9.93. The van der Waals surface area contributed by atoms with Crippen LogP contribution in [0.1, 0.15) is 41.5 Å². The maximum absolute atomic E-state index is 9.47. The van der Waals surface area contributed by atoms with Gasteiger partial charge in [-0.2, -0.15) is 15.8 Å². The first-order valence-corrected chi connectivity index (χ1v) is 9.39. The Bertz CT molecular complexity index is 1000. The number of nitrogens with zero attached hydrogens (tertiary/aromatic N) is 3. The summed E-state index contributed by atoms with van der Waals surface area (Å²) in [7, 11) is 2.89. The van der Waals surface area contributed by atoms with Crippen LogP contribution in [-0.4, -0.2) is 14.2 Å². The number of allylic oxidation sites excluding steroid dienone is 1. The summed E-state index contributed by atoms with van der Waals surface area (Å²) >= 11 is 12.6. The van der Waals surface area contributed by atoms with Crippen LogP contribution in [-0.2, 0) is 0 Å². The largest absolute Gasteiger partial charge is 0.494 e. The molecule has 0 atom stereocenters. The van der Waals surface area contributed by atoms with Gasteiger partial charge in [0.1, 0.15) is 12.1 Å². The van der Waals surface area contributed by atoms with E-state index in [0.29, 0.717) is 51.9 Å². The van der Waals surface area contributed by atoms with Crippen LogP contribution in [0.25, 0.3) is 5.57 Å². The molecule has 7 heteroatoms. The highest BCUT2D eigenvalue weighted by Crippen LogP contribution is 2.38. The van der Waals surface area contributed by atoms with Crippen LogP contribution in [0.3, 0.4) is 0 Å². The van der Waals surface area contributed by atoms with E-state index in [1.165, 1.54) is 14.2 Å². The molecule has 0 amide bonds. The van der Waals surface area contributed by atoms with Gasteiger partial charge in [0.05, 0.1) is 41.5 Å². The number of rotatable bonds is 7. The highest BCUT2D eigenvalue weighted by molar-refractivity contribution is 6.33. The Morgan fingerprint density at radius 2 is 1.38 bits per heavy atom. The highest BCUT2D eigenvalue weighted by Gasteiger charge is 2.17. The van der Waals surface area contributed by atoms with E-state index < -0.39 is 0 Å². The number of nitriles is 3. The normalized spacial score (nSPS) is 9.69. The fraction of sp³-hybridized carbons (Fsp3) is 0.227. The van der Waals surface area contributed by atoms with Gasteiger partial charge >= 0.3 is 0 Å². The number of hydrogen-bond acceptors (Lipinski definition) is 5. The number of hydrogen-bond donors (Lipinski definition) is 0. The third-order valence-electron chi connectivity index (χ3n) is 4.20. The summed E-state index contributed by atoms with van der Waals surface area (Å²) in [5.74, 6) is 0.597. The van der Waals surface area contributed by atoms with E-state index in [0.717, 1.165) is 5.57 Å². The van der Waals surface area contributed by atoms with Crippen LogP contribution in [0, 0.1) is 34.0 Å². The van der Waals surface area contributed by atoms with Crippen molar-refractivity contribution in [1.29, 1.82) is 15.8 Å². The van der Waals surface area contributed by atoms with Gasteiger partial charge in [0.2, 0.25) is 0 Å². The Morgan fingerprint density at radius 3 is 1.76 bits per heavy atom. The molecule has 0 aliphatic rings. The molecule has 0 spiro atoms. The predicted octanol–water partition coefficient (Wildman–Crippen LogP) is 5.88. The first-order valence-electron chi connectivity index (χ1n) is 8.63. The van der Waals surface area contributed by atoms with Crippen molar-refractivity contribution in [2.75, 3.05) is 14.2 Å². The van der Waals surface area contributed by atoms with Crippen molar-refractivity contribution in [3.05, 3.63) is 62.6 Å². The average Bonchev–Trinajstić information content (AvgIpc) is 2.72. The molecule has 0 saturated carbocycles. The Kier molecular flexibility index (Phi) is 7.93. The molecule has 0 aliphatic carbocycles. The van der Waals surface area contributed by atoms with Crippen LogP contribution in [0.4, 0.5) is 0 Å². The predicted molar refractivity (Wildman–Crippen MR) is 112 cm³/mol. The second-order valence-corrected chi connectivity index (χ2v) is 6.78. The molecule has 0 unspecified atom stereocenters. The maximum atomic E-state index is 9.47. The van der Waals surface area contributed by atoms with E-state index in [9.17, 15) is 10.5 Å². The molecule has 0 aromatic heterocycles. The highest BCUT2D eigenvalue weighted by atomic mass is 35.5. The number of methoxy groups -OCH3 is 2. The molecule has 5 nitrogen and oxygen atoms in total. The quantitative estimate of drug-likeness (QED) is 0.516. The molecular weight excluding hydrogens is 409 g/mol. The van der Waals surface area contributed by atoms with E-state index in [1.54, 1.807) is 24.3 Å². The lowest BCUT2D eigenvalue weighted by Crippen LogP contribution is -1.97. The maximum Gasteiger partial charge on any atom is 0.155 e. The molecule has 0 radical (unpaired) electrons. The third-order valence-corrected chi connectivity index (χ3v) is 4.76. The first-order chi connectivity index (χ1) is 14.0. The van der Waals surface area contributed by atoms with Crippen molar-refractivity contribution in [3.63, 3.8) is 0 Å². The summed E-state index contributed by atoms with van der Waals surface area (Å²) in [6.07, 6.45) is 3.66. The summed E-state index contributed by atoms with van der Waals surface area (Å²) in [4.78, 5) is 0. The molecule has 0 N–H and O–H groups in total. The van der Waals surface area contributed by atoms with E-state index >= 15 is 0 Å². The topological polar surface area (TPSA) is 89.8 Å². The van der Waals surface area contributed by atoms with Crippen molar-refractivity contribution in [3.8, 4) is 29.7 Å². The minimum absolute atomic E-state index is 0.290. The Morgan fingerprint density at radius 1 is 0.897 bits per heavy atom. The van der Waals surface area contributed by atoms with Gasteiger partial charge in [-0.05, 0) is 53.8 Å². The molecule has 146 valence electrons. The van der Waals surface area contributed by atoms with E-state index in [1.807, 2.05) is 6.08 Å². The Hall–Kier alpha value is -3.17. The smallest absolute Gasteiger partial charge is 0.155 e. The fourth-order valence-electron chi connectivity index (χ4n) is 2.91. The van der Waals surface area contributed by atoms with Crippen LogP contribution >= 0.6 is 23.2 Å². The first kappa shape index (κ1) is 22.1. The van der Waals surface area contributed by atoms with Gasteiger partial charge in [-0.3, -0.25) is 0 Å². The molecule has 2 rings (SSSR count). The molecule has 29 heavy (non-hydrogen) atoms. The molecular formula is C22H17Cl2N3O2. The van der Waals surface area contributed by atoms with E-state index in [2.05, 4.69) is 18.2 Å². The van der Waals surface area contributed by atoms with E-state index in [4.69, 9.17) is 37.9 Å². The van der Waals surface area contributed by atoms with Gasteiger partial charge in [-0.15, -0.1) is 0 Å². The van der Waals surface area contributed by atoms with Crippen LogP contribution in [0.15, 0.2) is 30.3 Å². The Balaban J connectivity index is 2.69. The number of ether oxygens (including phenoxy) is 2. The molecule has 0 bridgehead atoms. The van der Waals surface area contributed by atoms with Crippen molar-refractivity contribution in [2.45, 2.75) is 19.3 Å². The van der Waals surface area contributed by atoms with Gasteiger partial charge in [0, 0.05) is 6.42 Å².